The molecule has 1 aromatic rings. The molecule has 1 unspecified atom stereocenters. The Labute approximate surface area is 81.9 Å². The third-order valence-corrected chi connectivity index (χ3v) is 2.18. The minimum absolute atomic E-state index is 0.344. The fraction of sp³-hybridized carbons (Fsp3) is 0.500. The number of ether oxygens (including phenoxy) is 2. The topological polar surface area (TPSA) is 31.4 Å². The molecule has 0 radical (unpaired) electrons. The van der Waals surface area contributed by atoms with Crippen LogP contribution < -0.4 is 4.74 Å². The summed E-state index contributed by atoms with van der Waals surface area (Å²) in [6, 6.07) is 4.53. The molecule has 0 spiro atoms. The van der Waals surface area contributed by atoms with Crippen LogP contribution in [0.2, 0.25) is 0 Å². The molecule has 0 amide bonds. The molecule has 0 aliphatic carbocycles. The summed E-state index contributed by atoms with van der Waals surface area (Å²) in [5.41, 5.74) is 0. The van der Waals surface area contributed by atoms with E-state index >= 15 is 0 Å². The molecule has 3 nitrogen and oxygen atoms in total. The number of pyridine rings is 1. The van der Waals surface area contributed by atoms with Crippen LogP contribution in [0.1, 0.15) is 6.42 Å². The van der Waals surface area contributed by atoms with Crippen LogP contribution in [0.3, 0.4) is 0 Å². The highest BCUT2D eigenvalue weighted by Gasteiger charge is 2.16. The van der Waals surface area contributed by atoms with Crippen molar-refractivity contribution in [2.75, 3.05) is 19.8 Å². The molecule has 0 N–H and O–H groups in total. The Bertz CT molecular complexity index is 300. The Balaban J connectivity index is 1.85. The van der Waals surface area contributed by atoms with Gasteiger partial charge in [-0.3, -0.25) is 0 Å². The molecule has 76 valence electrons. The first-order chi connectivity index (χ1) is 6.84. The first kappa shape index (κ1) is 9.40. The van der Waals surface area contributed by atoms with Crippen molar-refractivity contribution in [2.45, 2.75) is 6.42 Å². The Morgan fingerprint density at radius 3 is 3.21 bits per heavy atom. The van der Waals surface area contributed by atoms with Crippen molar-refractivity contribution < 1.29 is 13.9 Å². The lowest BCUT2D eigenvalue weighted by Crippen LogP contribution is -2.12. The number of rotatable bonds is 3. The molecule has 0 bridgehead atoms. The molecule has 1 aromatic heterocycles. The molecule has 14 heavy (non-hydrogen) atoms. The molecule has 1 fully saturated rings. The smallest absolute Gasteiger partial charge is 0.216 e. The highest BCUT2D eigenvalue weighted by atomic mass is 19.1. The molecular formula is C10H12FNO2. The van der Waals surface area contributed by atoms with E-state index in [0.29, 0.717) is 18.4 Å². The summed E-state index contributed by atoms with van der Waals surface area (Å²) in [5.74, 6) is 0.252. The van der Waals surface area contributed by atoms with E-state index in [1.807, 2.05) is 0 Å². The molecular weight excluding hydrogens is 185 g/mol. The van der Waals surface area contributed by atoms with Gasteiger partial charge in [0.15, 0.2) is 0 Å². The second-order valence-corrected chi connectivity index (χ2v) is 3.34. The lowest BCUT2D eigenvalue weighted by atomic mass is 10.1. The van der Waals surface area contributed by atoms with Gasteiger partial charge in [-0.2, -0.15) is 9.37 Å². The summed E-state index contributed by atoms with van der Waals surface area (Å²) >= 11 is 0. The Kier molecular flexibility index (Phi) is 2.93. The molecule has 2 heterocycles. The highest BCUT2D eigenvalue weighted by Crippen LogP contribution is 2.14. The van der Waals surface area contributed by atoms with Crippen LogP contribution in [0.15, 0.2) is 18.2 Å². The van der Waals surface area contributed by atoms with Crippen molar-refractivity contribution in [3.05, 3.63) is 24.1 Å². The second kappa shape index (κ2) is 4.37. The molecule has 4 heteroatoms. The second-order valence-electron chi connectivity index (χ2n) is 3.34. The molecule has 1 aliphatic rings. The molecule has 1 aliphatic heterocycles. The predicted octanol–water partition coefficient (Wildman–Crippen LogP) is 1.64. The van der Waals surface area contributed by atoms with Gasteiger partial charge >= 0.3 is 0 Å². The van der Waals surface area contributed by atoms with Gasteiger partial charge in [0.25, 0.3) is 0 Å². The summed E-state index contributed by atoms with van der Waals surface area (Å²) in [6.07, 6.45) is 1.01. The number of nitrogens with zero attached hydrogens (tertiary/aromatic N) is 1. The fourth-order valence-electron chi connectivity index (χ4n) is 1.39. The van der Waals surface area contributed by atoms with E-state index in [1.165, 1.54) is 6.07 Å². The molecule has 1 atom stereocenters. The van der Waals surface area contributed by atoms with Crippen molar-refractivity contribution in [3.63, 3.8) is 0 Å². The first-order valence-corrected chi connectivity index (χ1v) is 4.68. The van der Waals surface area contributed by atoms with Crippen LogP contribution in [-0.2, 0) is 4.74 Å². The Hall–Kier alpha value is -1.16. The lowest BCUT2D eigenvalue weighted by Gasteiger charge is -2.08. The Morgan fingerprint density at radius 2 is 2.50 bits per heavy atom. The van der Waals surface area contributed by atoms with Crippen LogP contribution in [0.5, 0.6) is 5.88 Å². The minimum Gasteiger partial charge on any atom is -0.477 e. The molecule has 1 saturated heterocycles. The van der Waals surface area contributed by atoms with Gasteiger partial charge in [-0.15, -0.1) is 0 Å². The summed E-state index contributed by atoms with van der Waals surface area (Å²) in [6.45, 7) is 2.08. The van der Waals surface area contributed by atoms with E-state index in [2.05, 4.69) is 4.98 Å². The lowest BCUT2D eigenvalue weighted by molar-refractivity contribution is 0.165. The van der Waals surface area contributed by atoms with Gasteiger partial charge < -0.3 is 9.47 Å². The normalized spacial score (nSPS) is 21.1. The van der Waals surface area contributed by atoms with Gasteiger partial charge in [0, 0.05) is 18.6 Å². The monoisotopic (exact) mass is 197 g/mol. The van der Waals surface area contributed by atoms with Crippen molar-refractivity contribution in [1.82, 2.24) is 4.98 Å². The van der Waals surface area contributed by atoms with E-state index in [9.17, 15) is 4.39 Å². The zero-order valence-electron chi connectivity index (χ0n) is 7.78. The van der Waals surface area contributed by atoms with Crippen molar-refractivity contribution >= 4 is 0 Å². The van der Waals surface area contributed by atoms with Gasteiger partial charge in [0.1, 0.15) is 0 Å². The third kappa shape index (κ3) is 2.42. The highest BCUT2D eigenvalue weighted by molar-refractivity contribution is 5.10. The van der Waals surface area contributed by atoms with E-state index in [0.717, 1.165) is 19.6 Å². The van der Waals surface area contributed by atoms with Crippen molar-refractivity contribution in [1.29, 1.82) is 0 Å². The number of halogens is 1. The third-order valence-electron chi connectivity index (χ3n) is 2.18. The van der Waals surface area contributed by atoms with Crippen LogP contribution in [-0.4, -0.2) is 24.8 Å². The maximum Gasteiger partial charge on any atom is 0.216 e. The quantitative estimate of drug-likeness (QED) is 0.690. The van der Waals surface area contributed by atoms with E-state index in [4.69, 9.17) is 9.47 Å². The maximum atomic E-state index is 12.7. The van der Waals surface area contributed by atoms with Gasteiger partial charge in [-0.05, 0) is 12.5 Å². The van der Waals surface area contributed by atoms with E-state index < -0.39 is 5.95 Å². The SMILES string of the molecule is Fc1cccc(OCC2CCOC2)n1. The number of hydrogen-bond donors (Lipinski definition) is 0. The average molecular weight is 197 g/mol. The standard InChI is InChI=1S/C10H12FNO2/c11-9-2-1-3-10(12-9)14-7-8-4-5-13-6-8/h1-3,8H,4-7H2. The first-order valence-electron chi connectivity index (χ1n) is 4.68. The predicted molar refractivity (Wildman–Crippen MR) is 48.6 cm³/mol. The van der Waals surface area contributed by atoms with Crippen molar-refractivity contribution in [2.24, 2.45) is 5.92 Å². The number of aromatic nitrogens is 1. The van der Waals surface area contributed by atoms with Crippen LogP contribution in [0, 0.1) is 11.9 Å². The Morgan fingerprint density at radius 1 is 1.57 bits per heavy atom. The van der Waals surface area contributed by atoms with Crippen LogP contribution in [0.4, 0.5) is 4.39 Å². The zero-order valence-corrected chi connectivity index (χ0v) is 7.78. The van der Waals surface area contributed by atoms with Crippen molar-refractivity contribution in [3.8, 4) is 5.88 Å². The molecule has 0 aromatic carbocycles. The molecule has 2 rings (SSSR count). The van der Waals surface area contributed by atoms with E-state index in [1.54, 1.807) is 12.1 Å². The fourth-order valence-corrected chi connectivity index (χ4v) is 1.39. The summed E-state index contributed by atoms with van der Waals surface area (Å²) in [4.78, 5) is 3.60. The summed E-state index contributed by atoms with van der Waals surface area (Å²) in [5, 5.41) is 0. The van der Waals surface area contributed by atoms with Gasteiger partial charge in [0.2, 0.25) is 11.8 Å². The minimum atomic E-state index is -0.509. The average Bonchev–Trinajstić information content (AvgIpc) is 2.67. The zero-order chi connectivity index (χ0) is 9.80. The van der Waals surface area contributed by atoms with Gasteiger partial charge in [0.05, 0.1) is 13.2 Å². The summed E-state index contributed by atoms with van der Waals surface area (Å²) < 4.78 is 23.2. The maximum absolute atomic E-state index is 12.7. The van der Waals surface area contributed by atoms with Crippen LogP contribution in [0.25, 0.3) is 0 Å². The van der Waals surface area contributed by atoms with Gasteiger partial charge in [-0.1, -0.05) is 6.07 Å². The van der Waals surface area contributed by atoms with Crippen LogP contribution >= 0.6 is 0 Å². The van der Waals surface area contributed by atoms with E-state index in [-0.39, 0.29) is 0 Å². The van der Waals surface area contributed by atoms with Gasteiger partial charge in [-0.25, -0.2) is 0 Å². The number of hydrogen-bond acceptors (Lipinski definition) is 3. The summed E-state index contributed by atoms with van der Waals surface area (Å²) in [7, 11) is 0. The molecule has 0 saturated carbocycles. The largest absolute Gasteiger partial charge is 0.477 e.